The lowest BCUT2D eigenvalue weighted by molar-refractivity contribution is -0.115. The Morgan fingerprint density at radius 2 is 2.09 bits per heavy atom. The summed E-state index contributed by atoms with van der Waals surface area (Å²) in [6, 6.07) is 12.0. The molecule has 1 aromatic carbocycles. The molecule has 0 bridgehead atoms. The van der Waals surface area contributed by atoms with Crippen LogP contribution in [0.2, 0.25) is 0 Å². The number of nitrogens with one attached hydrogen (secondary N) is 2. The largest absolute Gasteiger partial charge is 0.383 e. The number of carbonyl (C=O) groups is 1. The zero-order chi connectivity index (χ0) is 15.8. The molecule has 0 saturated heterocycles. The van der Waals surface area contributed by atoms with Gasteiger partial charge in [-0.05, 0) is 12.5 Å². The van der Waals surface area contributed by atoms with Crippen LogP contribution in [0.3, 0.4) is 0 Å². The third kappa shape index (κ3) is 4.68. The Morgan fingerprint density at radius 3 is 2.82 bits per heavy atom. The molecule has 0 aliphatic rings. The van der Waals surface area contributed by atoms with Gasteiger partial charge in [0, 0.05) is 25.9 Å². The van der Waals surface area contributed by atoms with Crippen LogP contribution in [0, 0.1) is 0 Å². The number of carbonyl (C=O) groups excluding carboxylic acids is 1. The minimum Gasteiger partial charge on any atom is -0.383 e. The lowest BCUT2D eigenvalue weighted by Crippen LogP contribution is -2.30. The van der Waals surface area contributed by atoms with Gasteiger partial charge < -0.3 is 15.4 Å². The van der Waals surface area contributed by atoms with Gasteiger partial charge in [-0.25, -0.2) is 0 Å². The highest BCUT2D eigenvalue weighted by Gasteiger charge is 2.10. The third-order valence-corrected chi connectivity index (χ3v) is 3.32. The SMILES string of the molecule is COCCNCC(=O)Nc1ccn([C@@H](C)c2ccccc2)n1. The van der Waals surface area contributed by atoms with Crippen molar-refractivity contribution in [2.75, 3.05) is 32.1 Å². The van der Waals surface area contributed by atoms with Gasteiger partial charge in [-0.3, -0.25) is 9.48 Å². The van der Waals surface area contributed by atoms with Crippen molar-refractivity contribution in [3.63, 3.8) is 0 Å². The van der Waals surface area contributed by atoms with Crippen LogP contribution in [0.5, 0.6) is 0 Å². The summed E-state index contributed by atoms with van der Waals surface area (Å²) in [6.45, 7) is 3.53. The first kappa shape index (κ1) is 16.2. The molecule has 2 aromatic rings. The average molecular weight is 302 g/mol. The third-order valence-electron chi connectivity index (χ3n) is 3.32. The molecule has 118 valence electrons. The summed E-state index contributed by atoms with van der Waals surface area (Å²) in [5.41, 5.74) is 1.17. The van der Waals surface area contributed by atoms with Crippen molar-refractivity contribution in [3.05, 3.63) is 48.2 Å². The van der Waals surface area contributed by atoms with Crippen LogP contribution in [-0.2, 0) is 9.53 Å². The minimum atomic E-state index is -0.117. The van der Waals surface area contributed by atoms with Crippen molar-refractivity contribution in [3.8, 4) is 0 Å². The van der Waals surface area contributed by atoms with Crippen molar-refractivity contribution in [2.24, 2.45) is 0 Å². The maximum absolute atomic E-state index is 11.8. The maximum atomic E-state index is 11.8. The highest BCUT2D eigenvalue weighted by molar-refractivity contribution is 5.91. The number of benzene rings is 1. The van der Waals surface area contributed by atoms with Gasteiger partial charge in [0.05, 0.1) is 19.2 Å². The molecule has 1 heterocycles. The van der Waals surface area contributed by atoms with Crippen LogP contribution in [0.15, 0.2) is 42.6 Å². The molecular formula is C16H22N4O2. The van der Waals surface area contributed by atoms with Gasteiger partial charge in [0.2, 0.25) is 5.91 Å². The Balaban J connectivity index is 1.87. The number of amides is 1. The van der Waals surface area contributed by atoms with Crippen LogP contribution in [0.25, 0.3) is 0 Å². The predicted octanol–water partition coefficient (Wildman–Crippen LogP) is 1.67. The lowest BCUT2D eigenvalue weighted by Gasteiger charge is -2.12. The van der Waals surface area contributed by atoms with Crippen LogP contribution < -0.4 is 10.6 Å². The Morgan fingerprint density at radius 1 is 1.32 bits per heavy atom. The molecule has 1 aromatic heterocycles. The summed E-state index contributed by atoms with van der Waals surface area (Å²) in [7, 11) is 1.63. The van der Waals surface area contributed by atoms with Crippen molar-refractivity contribution in [2.45, 2.75) is 13.0 Å². The van der Waals surface area contributed by atoms with Gasteiger partial charge in [-0.2, -0.15) is 5.10 Å². The molecule has 0 unspecified atom stereocenters. The Bertz CT molecular complexity index is 583. The number of hydrogen-bond acceptors (Lipinski definition) is 4. The Labute approximate surface area is 130 Å². The summed E-state index contributed by atoms with van der Waals surface area (Å²) in [4.78, 5) is 11.8. The van der Waals surface area contributed by atoms with Crippen molar-refractivity contribution in [1.29, 1.82) is 0 Å². The zero-order valence-electron chi connectivity index (χ0n) is 13.0. The average Bonchev–Trinajstić information content (AvgIpc) is 3.00. The quantitative estimate of drug-likeness (QED) is 0.728. The Hall–Kier alpha value is -2.18. The fourth-order valence-corrected chi connectivity index (χ4v) is 2.07. The number of ether oxygens (including phenoxy) is 1. The van der Waals surface area contributed by atoms with E-state index in [0.29, 0.717) is 19.0 Å². The van der Waals surface area contributed by atoms with E-state index in [2.05, 4.69) is 34.8 Å². The van der Waals surface area contributed by atoms with Gasteiger partial charge in [0.1, 0.15) is 0 Å². The molecule has 0 spiro atoms. The number of nitrogens with zero attached hydrogens (tertiary/aromatic N) is 2. The fourth-order valence-electron chi connectivity index (χ4n) is 2.07. The van der Waals surface area contributed by atoms with E-state index in [-0.39, 0.29) is 18.5 Å². The van der Waals surface area contributed by atoms with E-state index in [1.807, 2.05) is 29.1 Å². The molecule has 0 fully saturated rings. The van der Waals surface area contributed by atoms with E-state index in [4.69, 9.17) is 4.74 Å². The first-order valence-electron chi connectivity index (χ1n) is 7.30. The fraction of sp³-hybridized carbons (Fsp3) is 0.375. The minimum absolute atomic E-state index is 0.117. The molecule has 6 nitrogen and oxygen atoms in total. The summed E-state index contributed by atoms with van der Waals surface area (Å²) < 4.78 is 6.74. The van der Waals surface area contributed by atoms with Gasteiger partial charge in [-0.15, -0.1) is 0 Å². The molecule has 22 heavy (non-hydrogen) atoms. The van der Waals surface area contributed by atoms with E-state index in [1.165, 1.54) is 5.56 Å². The molecule has 0 saturated carbocycles. The maximum Gasteiger partial charge on any atom is 0.239 e. The molecular weight excluding hydrogens is 280 g/mol. The molecule has 2 N–H and O–H groups in total. The first-order valence-corrected chi connectivity index (χ1v) is 7.30. The van der Waals surface area contributed by atoms with Gasteiger partial charge in [0.15, 0.2) is 5.82 Å². The molecule has 0 aliphatic carbocycles. The summed E-state index contributed by atoms with van der Waals surface area (Å²) in [5.74, 6) is 0.440. The lowest BCUT2D eigenvalue weighted by atomic mass is 10.1. The van der Waals surface area contributed by atoms with Crippen molar-refractivity contribution < 1.29 is 9.53 Å². The van der Waals surface area contributed by atoms with Crippen LogP contribution in [-0.4, -0.2) is 42.5 Å². The predicted molar refractivity (Wildman–Crippen MR) is 85.9 cm³/mol. The van der Waals surface area contributed by atoms with Crippen molar-refractivity contribution >= 4 is 11.7 Å². The monoisotopic (exact) mass is 302 g/mol. The van der Waals surface area contributed by atoms with E-state index in [1.54, 1.807) is 13.2 Å². The first-order chi connectivity index (χ1) is 10.7. The van der Waals surface area contributed by atoms with Crippen LogP contribution in [0.1, 0.15) is 18.5 Å². The summed E-state index contributed by atoms with van der Waals surface area (Å²) >= 11 is 0. The van der Waals surface area contributed by atoms with E-state index < -0.39 is 0 Å². The highest BCUT2D eigenvalue weighted by Crippen LogP contribution is 2.17. The molecule has 0 aliphatic heterocycles. The van der Waals surface area contributed by atoms with Gasteiger partial charge >= 0.3 is 0 Å². The molecule has 6 heteroatoms. The standard InChI is InChI=1S/C16H22N4O2/c1-13(14-6-4-3-5-7-14)20-10-8-15(19-20)18-16(21)12-17-9-11-22-2/h3-8,10,13,17H,9,11-12H2,1-2H3,(H,18,19,21)/t13-/m0/s1. The van der Waals surface area contributed by atoms with Crippen LogP contribution in [0.4, 0.5) is 5.82 Å². The molecule has 2 rings (SSSR count). The molecule has 1 amide bonds. The topological polar surface area (TPSA) is 68.2 Å². The smallest absolute Gasteiger partial charge is 0.239 e. The highest BCUT2D eigenvalue weighted by atomic mass is 16.5. The summed E-state index contributed by atoms with van der Waals surface area (Å²) in [5, 5.41) is 10.2. The second-order valence-electron chi connectivity index (χ2n) is 4.99. The normalized spacial score (nSPS) is 12.1. The van der Waals surface area contributed by atoms with Gasteiger partial charge in [-0.1, -0.05) is 30.3 Å². The van der Waals surface area contributed by atoms with Crippen LogP contribution >= 0.6 is 0 Å². The van der Waals surface area contributed by atoms with E-state index >= 15 is 0 Å². The number of methoxy groups -OCH3 is 1. The number of rotatable bonds is 8. The molecule has 1 atom stereocenters. The van der Waals surface area contributed by atoms with Gasteiger partial charge in [0.25, 0.3) is 0 Å². The number of hydrogen-bond donors (Lipinski definition) is 2. The van der Waals surface area contributed by atoms with Crippen molar-refractivity contribution in [1.82, 2.24) is 15.1 Å². The van der Waals surface area contributed by atoms with E-state index in [0.717, 1.165) is 0 Å². The zero-order valence-corrected chi connectivity index (χ0v) is 13.0. The summed E-state index contributed by atoms with van der Waals surface area (Å²) in [6.07, 6.45) is 1.87. The number of anilines is 1. The Kier molecular flexibility index (Phi) is 6.12. The van der Waals surface area contributed by atoms with E-state index in [9.17, 15) is 4.79 Å². The second kappa shape index (κ2) is 8.31. The second-order valence-corrected chi connectivity index (χ2v) is 4.99. The number of aromatic nitrogens is 2. The molecule has 0 radical (unpaired) electrons.